The van der Waals surface area contributed by atoms with Gasteiger partial charge >= 0.3 is 0 Å². The second kappa shape index (κ2) is 9.56. The number of amides is 1. The maximum atomic E-state index is 13.2. The molecule has 0 aliphatic heterocycles. The number of nitrogens with zero attached hydrogens (tertiary/aromatic N) is 2. The number of aromatic nitrogens is 2. The van der Waals surface area contributed by atoms with E-state index in [1.807, 2.05) is 48.5 Å². The molecule has 1 N–H and O–H groups in total. The first-order chi connectivity index (χ1) is 15.0. The summed E-state index contributed by atoms with van der Waals surface area (Å²) in [6, 6.07) is 21.5. The lowest BCUT2D eigenvalue weighted by atomic mass is 10.2. The summed E-state index contributed by atoms with van der Waals surface area (Å²) in [5, 5.41) is 4.74. The van der Waals surface area contributed by atoms with Crippen LogP contribution in [0.2, 0.25) is 10.0 Å². The van der Waals surface area contributed by atoms with Crippen LogP contribution < -0.4 is 10.9 Å². The van der Waals surface area contributed by atoms with E-state index in [4.69, 9.17) is 23.2 Å². The van der Waals surface area contributed by atoms with Crippen molar-refractivity contribution in [1.29, 1.82) is 0 Å². The summed E-state index contributed by atoms with van der Waals surface area (Å²) in [7, 11) is 0. The number of para-hydroxylation sites is 2. The minimum absolute atomic E-state index is 0.142. The van der Waals surface area contributed by atoms with Crippen LogP contribution in [-0.4, -0.2) is 21.2 Å². The monoisotopic (exact) mass is 469 g/mol. The lowest BCUT2D eigenvalue weighted by molar-refractivity contribution is -0.115. The first kappa shape index (κ1) is 21.4. The molecule has 1 amide bonds. The number of fused-ring (bicyclic) bond motifs is 1. The number of hydrogen-bond acceptors (Lipinski definition) is 4. The Labute approximate surface area is 193 Å². The van der Waals surface area contributed by atoms with E-state index < -0.39 is 0 Å². The summed E-state index contributed by atoms with van der Waals surface area (Å²) in [6.45, 7) is 0. The van der Waals surface area contributed by atoms with E-state index in [9.17, 15) is 9.59 Å². The molecule has 156 valence electrons. The van der Waals surface area contributed by atoms with Gasteiger partial charge in [0.1, 0.15) is 0 Å². The number of halogens is 2. The summed E-state index contributed by atoms with van der Waals surface area (Å²) in [5.41, 5.74) is 1.72. The van der Waals surface area contributed by atoms with Gasteiger partial charge in [0, 0.05) is 17.2 Å². The van der Waals surface area contributed by atoms with Crippen LogP contribution in [0.15, 0.2) is 82.7 Å². The number of nitrogens with one attached hydrogen (secondary N) is 1. The molecule has 0 fully saturated rings. The van der Waals surface area contributed by atoms with Crippen molar-refractivity contribution in [3.05, 3.63) is 93.2 Å². The molecule has 0 radical (unpaired) electrons. The Morgan fingerprint density at radius 2 is 1.74 bits per heavy atom. The Morgan fingerprint density at radius 1 is 1.00 bits per heavy atom. The van der Waals surface area contributed by atoms with Gasteiger partial charge in [0.05, 0.1) is 27.3 Å². The zero-order valence-corrected chi connectivity index (χ0v) is 18.5. The SMILES string of the molecule is O=C(CCSc1nc2ccccc2c(=O)n1-c1ccccc1)Nc1ccc(Cl)cc1Cl. The first-order valence-electron chi connectivity index (χ1n) is 9.48. The molecule has 0 unspecified atom stereocenters. The van der Waals surface area contributed by atoms with E-state index in [0.717, 1.165) is 5.69 Å². The number of benzene rings is 3. The molecule has 0 atom stereocenters. The van der Waals surface area contributed by atoms with E-state index in [0.29, 0.717) is 37.5 Å². The topological polar surface area (TPSA) is 64.0 Å². The summed E-state index contributed by atoms with van der Waals surface area (Å²) >= 11 is 13.4. The maximum Gasteiger partial charge on any atom is 0.266 e. The molecule has 0 saturated carbocycles. The fourth-order valence-electron chi connectivity index (χ4n) is 3.05. The second-order valence-corrected chi connectivity index (χ2v) is 8.56. The van der Waals surface area contributed by atoms with Gasteiger partial charge in [0.15, 0.2) is 5.16 Å². The highest BCUT2D eigenvalue weighted by atomic mass is 35.5. The summed E-state index contributed by atoms with van der Waals surface area (Å²) in [4.78, 5) is 30.2. The van der Waals surface area contributed by atoms with Crippen LogP contribution in [0.3, 0.4) is 0 Å². The molecule has 8 heteroatoms. The van der Waals surface area contributed by atoms with Gasteiger partial charge in [0.2, 0.25) is 5.91 Å². The normalized spacial score (nSPS) is 10.9. The average molecular weight is 470 g/mol. The largest absolute Gasteiger partial charge is 0.325 e. The summed E-state index contributed by atoms with van der Waals surface area (Å²) < 4.78 is 1.58. The number of anilines is 1. The van der Waals surface area contributed by atoms with Crippen molar-refractivity contribution in [3.63, 3.8) is 0 Å². The van der Waals surface area contributed by atoms with Crippen molar-refractivity contribution in [2.75, 3.05) is 11.1 Å². The van der Waals surface area contributed by atoms with Crippen molar-refractivity contribution in [1.82, 2.24) is 9.55 Å². The Morgan fingerprint density at radius 3 is 2.52 bits per heavy atom. The van der Waals surface area contributed by atoms with Crippen LogP contribution >= 0.6 is 35.0 Å². The van der Waals surface area contributed by atoms with E-state index >= 15 is 0 Å². The van der Waals surface area contributed by atoms with Gasteiger partial charge < -0.3 is 5.32 Å². The van der Waals surface area contributed by atoms with E-state index in [1.165, 1.54) is 11.8 Å². The van der Waals surface area contributed by atoms with Crippen molar-refractivity contribution in [2.24, 2.45) is 0 Å². The standard InChI is InChI=1S/C23H17Cl2N3O2S/c24-15-10-11-20(18(25)14-15)26-21(29)12-13-31-23-27-19-9-5-4-8-17(19)22(30)28(23)16-6-2-1-3-7-16/h1-11,14H,12-13H2,(H,26,29). The molecule has 0 bridgehead atoms. The highest BCUT2D eigenvalue weighted by Crippen LogP contribution is 2.26. The molecule has 31 heavy (non-hydrogen) atoms. The number of carbonyl (C=O) groups excluding carboxylic acids is 1. The molecule has 4 rings (SSSR count). The second-order valence-electron chi connectivity index (χ2n) is 6.66. The van der Waals surface area contributed by atoms with E-state index in [1.54, 1.807) is 28.8 Å². The molecular formula is C23H17Cl2N3O2S. The van der Waals surface area contributed by atoms with Crippen molar-refractivity contribution >= 4 is 57.5 Å². The Kier molecular flexibility index (Phi) is 6.61. The molecule has 0 aliphatic rings. The predicted molar refractivity (Wildman–Crippen MR) is 128 cm³/mol. The number of thioether (sulfide) groups is 1. The molecule has 5 nitrogen and oxygen atoms in total. The zero-order valence-electron chi connectivity index (χ0n) is 16.2. The smallest absolute Gasteiger partial charge is 0.266 e. The van der Waals surface area contributed by atoms with Crippen molar-refractivity contribution < 1.29 is 4.79 Å². The third-order valence-electron chi connectivity index (χ3n) is 4.52. The molecular weight excluding hydrogens is 453 g/mol. The Hall–Kier alpha value is -2.80. The van der Waals surface area contributed by atoms with Crippen LogP contribution in [-0.2, 0) is 4.79 Å². The molecule has 1 aromatic heterocycles. The fourth-order valence-corrected chi connectivity index (χ4v) is 4.46. The minimum Gasteiger partial charge on any atom is -0.325 e. The average Bonchev–Trinajstić information content (AvgIpc) is 2.76. The van der Waals surface area contributed by atoms with Gasteiger partial charge in [-0.3, -0.25) is 14.2 Å². The molecule has 0 spiro atoms. The minimum atomic E-state index is -0.189. The number of carbonyl (C=O) groups is 1. The first-order valence-corrected chi connectivity index (χ1v) is 11.2. The van der Waals surface area contributed by atoms with Crippen molar-refractivity contribution in [3.8, 4) is 5.69 Å². The van der Waals surface area contributed by atoms with Crippen LogP contribution in [0.4, 0.5) is 5.69 Å². The number of rotatable bonds is 6. The highest BCUT2D eigenvalue weighted by Gasteiger charge is 2.14. The molecule has 1 heterocycles. The van der Waals surface area contributed by atoms with Gasteiger partial charge in [-0.25, -0.2) is 4.98 Å². The molecule has 3 aromatic carbocycles. The predicted octanol–water partition coefficient (Wildman–Crippen LogP) is 5.81. The lowest BCUT2D eigenvalue weighted by Gasteiger charge is -2.13. The third-order valence-corrected chi connectivity index (χ3v) is 6.01. The zero-order chi connectivity index (χ0) is 21.8. The highest BCUT2D eigenvalue weighted by molar-refractivity contribution is 7.99. The van der Waals surface area contributed by atoms with Gasteiger partial charge in [-0.15, -0.1) is 0 Å². The fraction of sp³-hybridized carbons (Fsp3) is 0.0870. The lowest BCUT2D eigenvalue weighted by Crippen LogP contribution is -2.22. The molecule has 4 aromatic rings. The van der Waals surface area contributed by atoms with Crippen LogP contribution in [0.5, 0.6) is 0 Å². The van der Waals surface area contributed by atoms with Gasteiger partial charge in [-0.1, -0.05) is 65.3 Å². The van der Waals surface area contributed by atoms with Crippen molar-refractivity contribution in [2.45, 2.75) is 11.6 Å². The van der Waals surface area contributed by atoms with E-state index in [-0.39, 0.29) is 17.9 Å². The molecule has 0 saturated heterocycles. The van der Waals surface area contributed by atoms with E-state index in [2.05, 4.69) is 10.3 Å². The summed E-state index contributed by atoms with van der Waals surface area (Å²) in [6.07, 6.45) is 0.223. The molecule has 0 aliphatic carbocycles. The van der Waals surface area contributed by atoms with Gasteiger partial charge in [-0.05, 0) is 42.5 Å². The summed E-state index contributed by atoms with van der Waals surface area (Å²) in [5.74, 6) is 0.250. The van der Waals surface area contributed by atoms with Crippen LogP contribution in [0, 0.1) is 0 Å². The van der Waals surface area contributed by atoms with Crippen LogP contribution in [0.25, 0.3) is 16.6 Å². The Balaban J connectivity index is 1.55. The van der Waals surface area contributed by atoms with Gasteiger partial charge in [0.25, 0.3) is 5.56 Å². The number of hydrogen-bond donors (Lipinski definition) is 1. The quantitative estimate of drug-likeness (QED) is 0.285. The third kappa shape index (κ3) is 4.93. The van der Waals surface area contributed by atoms with Crippen LogP contribution in [0.1, 0.15) is 6.42 Å². The Bertz CT molecular complexity index is 1310. The maximum absolute atomic E-state index is 13.2. The van der Waals surface area contributed by atoms with Gasteiger partial charge in [-0.2, -0.15) is 0 Å².